The van der Waals surface area contributed by atoms with E-state index in [1.165, 1.54) is 11.1 Å². The second-order valence-corrected chi connectivity index (χ2v) is 9.54. The van der Waals surface area contributed by atoms with Crippen molar-refractivity contribution in [3.8, 4) is 0 Å². The lowest BCUT2D eigenvalue weighted by Gasteiger charge is -2.18. The Bertz CT molecular complexity index is 1630. The smallest absolute Gasteiger partial charge is 0.293 e. The lowest BCUT2D eigenvalue weighted by Crippen LogP contribution is -2.31. The Morgan fingerprint density at radius 2 is 1.98 bits per heavy atom. The van der Waals surface area contributed by atoms with Crippen LogP contribution in [0.5, 0.6) is 0 Å². The molecule has 4 atom stereocenters. The molecule has 5 aromatic rings. The number of aromatic nitrogens is 10. The van der Waals surface area contributed by atoms with Crippen LogP contribution in [0.3, 0.4) is 0 Å². The highest BCUT2D eigenvalue weighted by molar-refractivity contribution is 5.84. The van der Waals surface area contributed by atoms with Crippen LogP contribution in [0.2, 0.25) is 0 Å². The van der Waals surface area contributed by atoms with E-state index in [0.29, 0.717) is 42.4 Å². The van der Waals surface area contributed by atoms with E-state index in [1.807, 2.05) is 48.1 Å². The molecule has 4 aromatic heterocycles. The molecule has 16 nitrogen and oxygen atoms in total. The van der Waals surface area contributed by atoms with Gasteiger partial charge in [0.25, 0.3) is 6.47 Å². The molecule has 0 unspecified atom stereocenters. The van der Waals surface area contributed by atoms with Gasteiger partial charge in [0.1, 0.15) is 6.10 Å². The Kier molecular flexibility index (Phi) is 7.22. The van der Waals surface area contributed by atoms with Crippen LogP contribution in [-0.2, 0) is 41.3 Å². The number of carbonyl (C=O) groups excluding carboxylic acids is 1. The first-order valence-electron chi connectivity index (χ1n) is 12.9. The van der Waals surface area contributed by atoms with Crippen LogP contribution >= 0.6 is 0 Å². The number of hydrogen-bond acceptors (Lipinski definition) is 13. The summed E-state index contributed by atoms with van der Waals surface area (Å²) in [4.78, 5) is 30.8. The highest BCUT2D eigenvalue weighted by Gasteiger charge is 2.49. The predicted molar refractivity (Wildman–Crippen MR) is 143 cm³/mol. The Hall–Kier alpha value is -4.96. The number of anilines is 2. The molecule has 1 fully saturated rings. The van der Waals surface area contributed by atoms with E-state index in [0.717, 1.165) is 11.3 Å². The number of fused-ring (bicyclic) bond motifs is 1. The molecule has 1 saturated heterocycles. The molecule has 3 N–H and O–H groups in total. The predicted octanol–water partition coefficient (Wildman–Crippen LogP) is 0.523. The van der Waals surface area contributed by atoms with Gasteiger partial charge in [0, 0.05) is 32.8 Å². The number of ether oxygens (including phenoxy) is 2. The molecule has 0 bridgehead atoms. The third kappa shape index (κ3) is 5.42. The lowest BCUT2D eigenvalue weighted by molar-refractivity contribution is -0.140. The number of benzene rings is 1. The van der Waals surface area contributed by atoms with Crippen LogP contribution in [0, 0.1) is 0 Å². The first-order chi connectivity index (χ1) is 20.0. The van der Waals surface area contributed by atoms with Gasteiger partial charge in [-0.1, -0.05) is 30.3 Å². The second-order valence-electron chi connectivity index (χ2n) is 9.54. The zero-order valence-corrected chi connectivity index (χ0v) is 22.3. The van der Waals surface area contributed by atoms with E-state index in [-0.39, 0.29) is 12.3 Å². The summed E-state index contributed by atoms with van der Waals surface area (Å²) in [5.41, 5.74) is 2.87. The number of aliphatic hydroxyl groups is 1. The molecular weight excluding hydrogens is 532 g/mol. The minimum absolute atomic E-state index is 0.169. The molecule has 212 valence electrons. The van der Waals surface area contributed by atoms with Crippen LogP contribution in [0.15, 0.2) is 49.2 Å². The molecule has 6 rings (SSSR count). The number of imidazole rings is 2. The van der Waals surface area contributed by atoms with Gasteiger partial charge in [-0.2, -0.15) is 14.8 Å². The number of hydrogen-bond donors (Lipinski definition) is 3. The van der Waals surface area contributed by atoms with Crippen LogP contribution in [0.4, 0.5) is 11.8 Å². The number of rotatable bonds is 11. The van der Waals surface area contributed by atoms with E-state index in [1.54, 1.807) is 17.9 Å². The van der Waals surface area contributed by atoms with Crippen molar-refractivity contribution < 1.29 is 19.4 Å². The largest absolute Gasteiger partial charge is 0.458 e. The monoisotopic (exact) mass is 560 g/mol. The Morgan fingerprint density at radius 3 is 2.71 bits per heavy atom. The van der Waals surface area contributed by atoms with Crippen molar-refractivity contribution in [1.82, 2.24) is 49.3 Å². The van der Waals surface area contributed by atoms with E-state index < -0.39 is 24.5 Å². The van der Waals surface area contributed by atoms with Crippen LogP contribution < -0.4 is 10.6 Å². The van der Waals surface area contributed by atoms with Crippen molar-refractivity contribution in [2.45, 2.75) is 37.5 Å². The minimum Gasteiger partial charge on any atom is -0.458 e. The minimum atomic E-state index is -1.28. The molecule has 0 saturated carbocycles. The fourth-order valence-electron chi connectivity index (χ4n) is 4.70. The zero-order chi connectivity index (χ0) is 28.3. The van der Waals surface area contributed by atoms with Crippen LogP contribution in [-0.4, -0.2) is 79.6 Å². The number of nitrogens with one attached hydrogen (secondary N) is 2. The van der Waals surface area contributed by atoms with Crippen LogP contribution in [0.25, 0.3) is 11.2 Å². The van der Waals surface area contributed by atoms with Crippen molar-refractivity contribution in [3.05, 3.63) is 66.3 Å². The van der Waals surface area contributed by atoms with E-state index >= 15 is 0 Å². The van der Waals surface area contributed by atoms with Gasteiger partial charge in [0.2, 0.25) is 11.8 Å². The fourth-order valence-corrected chi connectivity index (χ4v) is 4.70. The van der Waals surface area contributed by atoms with E-state index in [4.69, 9.17) is 14.5 Å². The summed E-state index contributed by atoms with van der Waals surface area (Å²) in [7, 11) is 3.52. The Balaban J connectivity index is 1.32. The van der Waals surface area contributed by atoms with Crippen molar-refractivity contribution >= 4 is 29.4 Å². The molecule has 1 aliphatic rings. The maximum absolute atomic E-state index is 11.3. The first-order valence-corrected chi connectivity index (χ1v) is 12.9. The Labute approximate surface area is 233 Å². The van der Waals surface area contributed by atoms with Gasteiger partial charge in [-0.25, -0.2) is 9.97 Å². The van der Waals surface area contributed by atoms with E-state index in [9.17, 15) is 9.90 Å². The number of carbonyl (C=O) groups is 1. The molecule has 1 aromatic carbocycles. The molecule has 0 spiro atoms. The molecule has 5 heterocycles. The average Bonchev–Trinajstić information content (AvgIpc) is 3.76. The van der Waals surface area contributed by atoms with Gasteiger partial charge in [0.05, 0.1) is 25.4 Å². The summed E-state index contributed by atoms with van der Waals surface area (Å²) in [6, 6.07) is 9.89. The lowest BCUT2D eigenvalue weighted by atomic mass is 10.1. The summed E-state index contributed by atoms with van der Waals surface area (Å²) < 4.78 is 14.8. The van der Waals surface area contributed by atoms with Crippen molar-refractivity contribution in [2.75, 3.05) is 17.2 Å². The van der Waals surface area contributed by atoms with Crippen LogP contribution in [0.1, 0.15) is 29.4 Å². The maximum atomic E-state index is 11.3. The standard InChI is InChI=1S/C25H28N12O4/c1-35-11-16(28-12-35)8-9-26-25-30-21(27-10-15-6-4-3-5-7-15)17-23(31-25)37(13-29-17)24-18(39)19(40-14-38)20(41-24)22-32-34-36(2)33-22/h3-7,11-14,18-20,24,39H,8-10H2,1-2H3,(H2,26,27,30,31)/t18-,19+,20+,24-/m1/s1. The van der Waals surface area contributed by atoms with Gasteiger partial charge < -0.3 is 29.8 Å². The second kappa shape index (κ2) is 11.3. The molecule has 41 heavy (non-hydrogen) atoms. The topological polar surface area (TPSA) is 185 Å². The summed E-state index contributed by atoms with van der Waals surface area (Å²) >= 11 is 0. The van der Waals surface area contributed by atoms with Crippen molar-refractivity contribution in [3.63, 3.8) is 0 Å². The van der Waals surface area contributed by atoms with Crippen molar-refractivity contribution in [1.29, 1.82) is 0 Å². The quantitative estimate of drug-likeness (QED) is 0.190. The number of nitrogens with zero attached hydrogens (tertiary/aromatic N) is 10. The Morgan fingerprint density at radius 1 is 1.12 bits per heavy atom. The van der Waals surface area contributed by atoms with E-state index in [2.05, 4.69) is 41.0 Å². The summed E-state index contributed by atoms with van der Waals surface area (Å²) in [5, 5.41) is 29.8. The zero-order valence-electron chi connectivity index (χ0n) is 22.3. The third-order valence-corrected chi connectivity index (χ3v) is 6.63. The van der Waals surface area contributed by atoms with Gasteiger partial charge in [0.15, 0.2) is 35.4 Å². The third-order valence-electron chi connectivity index (χ3n) is 6.63. The summed E-state index contributed by atoms with van der Waals surface area (Å²) in [5.74, 6) is 1.02. The number of aryl methyl sites for hydroxylation is 2. The van der Waals surface area contributed by atoms with Crippen molar-refractivity contribution in [2.24, 2.45) is 14.1 Å². The van der Waals surface area contributed by atoms with Gasteiger partial charge in [-0.3, -0.25) is 9.36 Å². The first kappa shape index (κ1) is 26.3. The van der Waals surface area contributed by atoms with Gasteiger partial charge in [-0.05, 0) is 10.8 Å². The van der Waals surface area contributed by atoms with Gasteiger partial charge >= 0.3 is 0 Å². The SMILES string of the molecule is Cn1cnc(CCNc2nc(NCc3ccccc3)c3ncn([C@@H]4O[C@H](c5nnn(C)n5)[C@@H](OC=O)[C@H]4O)c3n2)c1. The molecule has 0 aliphatic carbocycles. The fraction of sp³-hybridized carbons (Fsp3) is 0.360. The molecule has 1 aliphatic heterocycles. The normalized spacial score (nSPS) is 20.4. The summed E-state index contributed by atoms with van der Waals surface area (Å²) in [6.07, 6.45) is 1.54. The summed E-state index contributed by atoms with van der Waals surface area (Å²) in [6.45, 7) is 1.30. The number of tetrazole rings is 1. The maximum Gasteiger partial charge on any atom is 0.293 e. The highest BCUT2D eigenvalue weighted by Crippen LogP contribution is 2.40. The van der Waals surface area contributed by atoms with Gasteiger partial charge in [-0.15, -0.1) is 10.2 Å². The molecule has 0 amide bonds. The molecule has 0 radical (unpaired) electrons. The molecular formula is C25H28N12O4. The highest BCUT2D eigenvalue weighted by atomic mass is 16.6. The molecule has 16 heteroatoms. The number of aliphatic hydroxyl groups excluding tert-OH is 1. The average molecular weight is 561 g/mol.